The summed E-state index contributed by atoms with van der Waals surface area (Å²) in [5, 5.41) is 2.53. The fourth-order valence-corrected chi connectivity index (χ4v) is 5.29. The molecule has 0 amide bonds. The molecule has 0 N–H and O–H groups in total. The van der Waals surface area contributed by atoms with Gasteiger partial charge in [-0.05, 0) is 72.5 Å². The van der Waals surface area contributed by atoms with Crippen molar-refractivity contribution < 1.29 is 4.79 Å². The first-order valence-corrected chi connectivity index (χ1v) is 11.2. The molecular weight excluding hydrogens is 378 g/mol. The van der Waals surface area contributed by atoms with Crippen molar-refractivity contribution in [2.75, 3.05) is 19.6 Å². The number of hydrogen-bond acceptors (Lipinski definition) is 4. The minimum atomic E-state index is 0.282. The highest BCUT2D eigenvalue weighted by Gasteiger charge is 2.25. The highest BCUT2D eigenvalue weighted by molar-refractivity contribution is 7.09. The lowest BCUT2D eigenvalue weighted by Gasteiger charge is -2.19. The van der Waals surface area contributed by atoms with Crippen molar-refractivity contribution in [3.8, 4) is 10.4 Å². The summed E-state index contributed by atoms with van der Waals surface area (Å²) in [5.74, 6) is 0.282. The van der Waals surface area contributed by atoms with Crippen molar-refractivity contribution in [3.63, 3.8) is 0 Å². The first-order valence-electron chi connectivity index (χ1n) is 10.5. The number of aryl methyl sites for hydroxylation is 1. The minimum absolute atomic E-state index is 0.282. The lowest BCUT2D eigenvalue weighted by atomic mass is 10.0. The topological polar surface area (TPSA) is 38.1 Å². The highest BCUT2D eigenvalue weighted by atomic mass is 32.1. The summed E-state index contributed by atoms with van der Waals surface area (Å²) >= 11 is 1.53. The largest absolute Gasteiger partial charge is 0.339 e. The van der Waals surface area contributed by atoms with Crippen molar-refractivity contribution in [2.45, 2.75) is 33.2 Å². The number of hydrogen-bond donors (Lipinski definition) is 0. The second-order valence-electron chi connectivity index (χ2n) is 7.70. The van der Waals surface area contributed by atoms with E-state index in [1.54, 1.807) is 0 Å². The van der Waals surface area contributed by atoms with Crippen LogP contribution >= 0.6 is 11.5 Å². The van der Waals surface area contributed by atoms with Gasteiger partial charge in [-0.25, -0.2) is 4.37 Å². The number of ketones is 1. The molecule has 2 aromatic heterocycles. The molecule has 0 unspecified atom stereocenters. The molecule has 0 spiro atoms. The molecule has 1 aliphatic carbocycles. The van der Waals surface area contributed by atoms with E-state index >= 15 is 0 Å². The molecule has 5 rings (SSSR count). The van der Waals surface area contributed by atoms with Crippen LogP contribution in [0.5, 0.6) is 0 Å². The van der Waals surface area contributed by atoms with Crippen molar-refractivity contribution in [1.82, 2.24) is 13.8 Å². The van der Waals surface area contributed by atoms with Crippen molar-refractivity contribution in [1.29, 1.82) is 0 Å². The summed E-state index contributed by atoms with van der Waals surface area (Å²) < 4.78 is 6.71. The van der Waals surface area contributed by atoms with Crippen LogP contribution in [0, 0.1) is 0 Å². The molecule has 0 aliphatic heterocycles. The van der Waals surface area contributed by atoms with E-state index in [0.29, 0.717) is 6.42 Å². The fourth-order valence-electron chi connectivity index (χ4n) is 4.70. The average Bonchev–Trinajstić information content (AvgIpc) is 3.47. The third kappa shape index (κ3) is 3.00. The van der Waals surface area contributed by atoms with Crippen LogP contribution in [0.3, 0.4) is 0 Å². The quantitative estimate of drug-likeness (QED) is 0.433. The lowest BCUT2D eigenvalue weighted by molar-refractivity contribution is 0.0994. The predicted molar refractivity (Wildman–Crippen MR) is 121 cm³/mol. The maximum absolute atomic E-state index is 12.4. The Bertz CT molecular complexity index is 1200. The van der Waals surface area contributed by atoms with Crippen molar-refractivity contribution in [2.24, 2.45) is 0 Å². The molecule has 148 valence electrons. The molecule has 0 saturated carbocycles. The summed E-state index contributed by atoms with van der Waals surface area (Å²) in [4.78, 5) is 16.0. The van der Waals surface area contributed by atoms with Gasteiger partial charge in [0.05, 0.1) is 4.88 Å². The zero-order valence-corrected chi connectivity index (χ0v) is 17.8. The van der Waals surface area contributed by atoms with Gasteiger partial charge in [0.25, 0.3) is 0 Å². The number of Topliss-reactive ketones (excluding diaryl/α,β-unsaturated/α-hetero) is 1. The van der Waals surface area contributed by atoms with E-state index in [2.05, 4.69) is 58.0 Å². The number of aromatic nitrogens is 2. The third-order valence-electron chi connectivity index (χ3n) is 6.30. The second kappa shape index (κ2) is 7.39. The number of rotatable bonds is 6. The smallest absolute Gasteiger partial charge is 0.163 e. The molecule has 0 bridgehead atoms. The number of likely N-dealkylation sites (N-methyl/N-ethyl adjacent to an activating group) is 1. The Hall–Kier alpha value is -2.50. The normalized spacial score (nSPS) is 13.8. The van der Waals surface area contributed by atoms with E-state index in [9.17, 15) is 4.79 Å². The van der Waals surface area contributed by atoms with Crippen LogP contribution in [0.1, 0.15) is 36.2 Å². The minimum Gasteiger partial charge on any atom is -0.339 e. The number of carbonyl (C=O) groups excluding carboxylic acids is 1. The number of fused-ring (bicyclic) bond motifs is 5. The number of nitrogens with zero attached hydrogens (tertiary/aromatic N) is 3. The van der Waals surface area contributed by atoms with Gasteiger partial charge in [0.2, 0.25) is 0 Å². The van der Waals surface area contributed by atoms with E-state index in [-0.39, 0.29) is 5.78 Å². The first-order chi connectivity index (χ1) is 14.2. The zero-order chi connectivity index (χ0) is 20.0. The summed E-state index contributed by atoms with van der Waals surface area (Å²) in [5.41, 5.74) is 5.86. The molecule has 2 heterocycles. The van der Waals surface area contributed by atoms with Crippen molar-refractivity contribution >= 4 is 39.1 Å². The molecule has 0 radical (unpaired) electrons. The van der Waals surface area contributed by atoms with Gasteiger partial charge >= 0.3 is 0 Å². The van der Waals surface area contributed by atoms with Crippen LogP contribution in [0.15, 0.2) is 42.6 Å². The van der Waals surface area contributed by atoms with Crippen LogP contribution < -0.4 is 0 Å². The van der Waals surface area contributed by atoms with E-state index < -0.39 is 0 Å². The van der Waals surface area contributed by atoms with Crippen LogP contribution in [0.25, 0.3) is 32.2 Å². The Labute approximate surface area is 174 Å². The SMILES string of the molecule is CCN(CC)CCn1c2ccc(-c3ccns3)cc2c2c3c(ccc21)C(=O)CC3. The molecule has 5 heteroatoms. The summed E-state index contributed by atoms with van der Waals surface area (Å²) in [7, 11) is 0. The molecular formula is C24H25N3OS. The summed E-state index contributed by atoms with van der Waals surface area (Å²) in [6, 6.07) is 13.0. The molecule has 1 aliphatic rings. The average molecular weight is 404 g/mol. The Kier molecular flexibility index (Phi) is 4.72. The Morgan fingerprint density at radius 3 is 2.66 bits per heavy atom. The van der Waals surface area contributed by atoms with E-state index in [0.717, 1.165) is 38.2 Å². The van der Waals surface area contributed by atoms with Gasteiger partial charge in [-0.2, -0.15) is 0 Å². The monoisotopic (exact) mass is 403 g/mol. The molecule has 0 fully saturated rings. The highest BCUT2D eigenvalue weighted by Crippen LogP contribution is 2.39. The number of benzene rings is 2. The van der Waals surface area contributed by atoms with Gasteiger partial charge in [0.15, 0.2) is 5.78 Å². The standard InChI is InChI=1S/C24H25N3OS/c1-3-26(4-2)13-14-27-20-8-5-16(23-11-12-25-29-23)15-19(20)24-18-7-10-22(28)17(18)6-9-21(24)27/h5-6,8-9,11-12,15H,3-4,7,10,13-14H2,1-2H3. The van der Waals surface area contributed by atoms with E-state index in [4.69, 9.17) is 0 Å². The molecule has 4 nitrogen and oxygen atoms in total. The van der Waals surface area contributed by atoms with Crippen LogP contribution in [0.2, 0.25) is 0 Å². The van der Waals surface area contributed by atoms with Gasteiger partial charge in [0.1, 0.15) is 0 Å². The molecule has 29 heavy (non-hydrogen) atoms. The Morgan fingerprint density at radius 1 is 1.07 bits per heavy atom. The maximum Gasteiger partial charge on any atom is 0.163 e. The van der Waals surface area contributed by atoms with E-state index in [1.807, 2.05) is 12.3 Å². The first kappa shape index (κ1) is 18.5. The lowest BCUT2D eigenvalue weighted by Crippen LogP contribution is -2.26. The second-order valence-corrected chi connectivity index (χ2v) is 8.53. The van der Waals surface area contributed by atoms with Gasteiger partial charge in [-0.1, -0.05) is 19.9 Å². The van der Waals surface area contributed by atoms with Crippen LogP contribution in [-0.4, -0.2) is 39.3 Å². The van der Waals surface area contributed by atoms with Gasteiger partial charge in [0, 0.05) is 53.1 Å². The fraction of sp³-hybridized carbons (Fsp3) is 0.333. The summed E-state index contributed by atoms with van der Waals surface area (Å²) in [6.45, 7) is 8.54. The number of carbonyl (C=O) groups is 1. The van der Waals surface area contributed by atoms with Gasteiger partial charge in [-0.3, -0.25) is 4.79 Å². The maximum atomic E-state index is 12.4. The van der Waals surface area contributed by atoms with Gasteiger partial charge < -0.3 is 9.47 Å². The van der Waals surface area contributed by atoms with Crippen molar-refractivity contribution in [3.05, 3.63) is 53.7 Å². The van der Waals surface area contributed by atoms with Crippen LogP contribution in [0.4, 0.5) is 0 Å². The summed E-state index contributed by atoms with van der Waals surface area (Å²) in [6.07, 6.45) is 3.34. The van der Waals surface area contributed by atoms with Gasteiger partial charge in [-0.15, -0.1) is 0 Å². The Morgan fingerprint density at radius 2 is 1.90 bits per heavy atom. The third-order valence-corrected chi connectivity index (χ3v) is 7.09. The van der Waals surface area contributed by atoms with Crippen LogP contribution in [-0.2, 0) is 13.0 Å². The van der Waals surface area contributed by atoms with E-state index in [1.165, 1.54) is 49.3 Å². The Balaban J connectivity index is 1.74. The molecule has 4 aromatic rings. The molecule has 2 aromatic carbocycles. The molecule has 0 saturated heterocycles. The predicted octanol–water partition coefficient (Wildman–Crippen LogP) is 5.39. The molecule has 0 atom stereocenters. The zero-order valence-electron chi connectivity index (χ0n) is 16.9.